The minimum Gasteiger partial charge on any atom is -0.494 e. The van der Waals surface area contributed by atoms with Crippen LogP contribution in [0.25, 0.3) is 0 Å². The molecule has 0 saturated heterocycles. The number of rotatable bonds is 5. The molecule has 88 valence electrons. The van der Waals surface area contributed by atoms with Crippen LogP contribution in [-0.2, 0) is 4.79 Å². The third kappa shape index (κ3) is 3.72. The quantitative estimate of drug-likeness (QED) is 0.762. The van der Waals surface area contributed by atoms with Gasteiger partial charge in [0.1, 0.15) is 0 Å². The van der Waals surface area contributed by atoms with E-state index in [0.717, 1.165) is 0 Å². The first-order chi connectivity index (χ1) is 7.43. The zero-order chi connectivity index (χ0) is 12.2. The first-order valence-corrected chi connectivity index (χ1v) is 4.85. The summed E-state index contributed by atoms with van der Waals surface area (Å²) in [7, 11) is 1.54. The van der Waals surface area contributed by atoms with Gasteiger partial charge in [-0.2, -0.15) is 0 Å². The van der Waals surface area contributed by atoms with E-state index in [2.05, 4.69) is 15.3 Å². The fourth-order valence-electron chi connectivity index (χ4n) is 1.27. The Bertz CT molecular complexity index is 362. The molecule has 0 fully saturated rings. The van der Waals surface area contributed by atoms with E-state index >= 15 is 0 Å². The molecular weight excluding hydrogens is 208 g/mol. The molecule has 1 rings (SSSR count). The van der Waals surface area contributed by atoms with Gasteiger partial charge in [-0.25, -0.2) is 9.97 Å². The maximum atomic E-state index is 10.8. The monoisotopic (exact) mass is 224 g/mol. The van der Waals surface area contributed by atoms with E-state index in [1.54, 1.807) is 19.5 Å². The topological polar surface area (TPSA) is 90.1 Å². The summed E-state index contributed by atoms with van der Waals surface area (Å²) in [5, 5.41) is 3.02. The highest BCUT2D eigenvalue weighted by atomic mass is 16.5. The van der Waals surface area contributed by atoms with Crippen LogP contribution in [-0.4, -0.2) is 28.5 Å². The smallest absolute Gasteiger partial charge is 0.223 e. The molecule has 0 saturated carbocycles. The number of nitrogens with one attached hydrogen (secondary N) is 1. The van der Waals surface area contributed by atoms with Crippen LogP contribution in [0.3, 0.4) is 0 Å². The van der Waals surface area contributed by atoms with Gasteiger partial charge >= 0.3 is 0 Å². The van der Waals surface area contributed by atoms with Crippen LogP contribution in [0.15, 0.2) is 12.4 Å². The van der Waals surface area contributed by atoms with Gasteiger partial charge in [0.2, 0.25) is 11.9 Å². The number of carbonyl (C=O) groups excluding carboxylic acids is 1. The number of hydrogen-bond donors (Lipinski definition) is 2. The molecule has 3 N–H and O–H groups in total. The number of nitrogens with two attached hydrogens (primary N) is 1. The van der Waals surface area contributed by atoms with Crippen molar-refractivity contribution in [1.82, 2.24) is 9.97 Å². The first-order valence-electron chi connectivity index (χ1n) is 4.85. The van der Waals surface area contributed by atoms with Crippen molar-refractivity contribution >= 4 is 11.9 Å². The van der Waals surface area contributed by atoms with Gasteiger partial charge < -0.3 is 15.8 Å². The van der Waals surface area contributed by atoms with E-state index in [1.807, 2.05) is 13.8 Å². The number of primary amides is 1. The van der Waals surface area contributed by atoms with Gasteiger partial charge in [-0.15, -0.1) is 0 Å². The molecular formula is C10H16N4O2. The van der Waals surface area contributed by atoms with Crippen LogP contribution in [0.4, 0.5) is 5.95 Å². The van der Waals surface area contributed by atoms with Crippen molar-refractivity contribution < 1.29 is 9.53 Å². The largest absolute Gasteiger partial charge is 0.494 e. The van der Waals surface area contributed by atoms with Gasteiger partial charge in [0, 0.05) is 12.0 Å². The maximum absolute atomic E-state index is 10.8. The molecule has 6 heteroatoms. The summed E-state index contributed by atoms with van der Waals surface area (Å²) in [6.07, 6.45) is 3.31. The zero-order valence-electron chi connectivity index (χ0n) is 9.65. The van der Waals surface area contributed by atoms with Crippen molar-refractivity contribution in [2.75, 3.05) is 12.4 Å². The molecule has 0 radical (unpaired) electrons. The van der Waals surface area contributed by atoms with Crippen molar-refractivity contribution in [2.45, 2.75) is 25.8 Å². The van der Waals surface area contributed by atoms with E-state index < -0.39 is 5.54 Å². The predicted octanol–water partition coefficient (Wildman–Crippen LogP) is 0.551. The minimum absolute atomic E-state index is 0.211. The number of amides is 1. The first kappa shape index (κ1) is 12.2. The zero-order valence-corrected chi connectivity index (χ0v) is 9.65. The minimum atomic E-state index is -0.472. The number of aromatic nitrogens is 2. The third-order valence-electron chi connectivity index (χ3n) is 1.93. The lowest BCUT2D eigenvalue weighted by molar-refractivity contribution is -0.118. The Morgan fingerprint density at radius 3 is 2.50 bits per heavy atom. The number of hydrogen-bond acceptors (Lipinski definition) is 5. The van der Waals surface area contributed by atoms with Crippen molar-refractivity contribution in [3.63, 3.8) is 0 Å². The van der Waals surface area contributed by atoms with Crippen molar-refractivity contribution in [3.05, 3.63) is 12.4 Å². The fourth-order valence-corrected chi connectivity index (χ4v) is 1.27. The number of carbonyl (C=O) groups is 1. The lowest BCUT2D eigenvalue weighted by Crippen LogP contribution is -2.36. The van der Waals surface area contributed by atoms with Crippen molar-refractivity contribution in [3.8, 4) is 5.75 Å². The summed E-state index contributed by atoms with van der Waals surface area (Å²) in [4.78, 5) is 18.9. The number of nitrogens with zero attached hydrogens (tertiary/aromatic N) is 2. The SMILES string of the molecule is COc1cnc(NC(C)(C)CC(N)=O)nc1. The van der Waals surface area contributed by atoms with Gasteiger partial charge in [-0.05, 0) is 13.8 Å². The number of anilines is 1. The molecule has 0 bridgehead atoms. The second kappa shape index (κ2) is 4.78. The Morgan fingerprint density at radius 2 is 2.06 bits per heavy atom. The van der Waals surface area contributed by atoms with Gasteiger partial charge in [0.05, 0.1) is 19.5 Å². The highest BCUT2D eigenvalue weighted by Gasteiger charge is 2.21. The second-order valence-electron chi connectivity index (χ2n) is 4.10. The summed E-state index contributed by atoms with van der Waals surface area (Å²) in [6, 6.07) is 0. The Balaban J connectivity index is 2.68. The number of methoxy groups -OCH3 is 1. The average molecular weight is 224 g/mol. The molecule has 1 aromatic heterocycles. The van der Waals surface area contributed by atoms with Gasteiger partial charge in [-0.3, -0.25) is 4.79 Å². The van der Waals surface area contributed by atoms with Crippen LogP contribution >= 0.6 is 0 Å². The van der Waals surface area contributed by atoms with Gasteiger partial charge in [0.15, 0.2) is 5.75 Å². The summed E-state index contributed by atoms with van der Waals surface area (Å²) in [5.74, 6) is 0.649. The van der Waals surface area contributed by atoms with E-state index in [-0.39, 0.29) is 12.3 Å². The fraction of sp³-hybridized carbons (Fsp3) is 0.500. The molecule has 0 spiro atoms. The summed E-state index contributed by atoms with van der Waals surface area (Å²) in [6.45, 7) is 3.71. The lowest BCUT2D eigenvalue weighted by atomic mass is 10.0. The summed E-state index contributed by atoms with van der Waals surface area (Å²) >= 11 is 0. The van der Waals surface area contributed by atoms with E-state index in [9.17, 15) is 4.79 Å². The molecule has 6 nitrogen and oxygen atoms in total. The van der Waals surface area contributed by atoms with E-state index in [1.165, 1.54) is 0 Å². The molecule has 1 amide bonds. The number of ether oxygens (including phenoxy) is 1. The third-order valence-corrected chi connectivity index (χ3v) is 1.93. The molecule has 1 heterocycles. The van der Waals surface area contributed by atoms with Crippen LogP contribution in [0.5, 0.6) is 5.75 Å². The van der Waals surface area contributed by atoms with Gasteiger partial charge in [0.25, 0.3) is 0 Å². The maximum Gasteiger partial charge on any atom is 0.223 e. The Kier molecular flexibility index (Phi) is 3.65. The molecule has 0 aliphatic rings. The van der Waals surface area contributed by atoms with Crippen LogP contribution in [0, 0.1) is 0 Å². The second-order valence-corrected chi connectivity index (χ2v) is 4.10. The van der Waals surface area contributed by atoms with Crippen LogP contribution < -0.4 is 15.8 Å². The van der Waals surface area contributed by atoms with Gasteiger partial charge in [-0.1, -0.05) is 0 Å². The average Bonchev–Trinajstić information content (AvgIpc) is 2.16. The molecule has 0 aliphatic carbocycles. The Hall–Kier alpha value is -1.85. The standard InChI is InChI=1S/C10H16N4O2/c1-10(2,4-8(11)15)14-9-12-5-7(16-3)6-13-9/h5-6H,4H2,1-3H3,(H2,11,15)(H,12,13,14). The molecule has 0 aromatic carbocycles. The molecule has 0 unspecified atom stereocenters. The van der Waals surface area contributed by atoms with Crippen molar-refractivity contribution in [2.24, 2.45) is 5.73 Å². The predicted molar refractivity (Wildman–Crippen MR) is 60.1 cm³/mol. The normalized spacial score (nSPS) is 10.9. The highest BCUT2D eigenvalue weighted by molar-refractivity contribution is 5.75. The Morgan fingerprint density at radius 1 is 1.50 bits per heavy atom. The van der Waals surface area contributed by atoms with E-state index in [0.29, 0.717) is 11.7 Å². The van der Waals surface area contributed by atoms with Crippen molar-refractivity contribution in [1.29, 1.82) is 0 Å². The van der Waals surface area contributed by atoms with E-state index in [4.69, 9.17) is 10.5 Å². The van der Waals surface area contributed by atoms with Crippen LogP contribution in [0.2, 0.25) is 0 Å². The molecule has 16 heavy (non-hydrogen) atoms. The summed E-state index contributed by atoms with van der Waals surface area (Å²) in [5.41, 5.74) is 4.67. The van der Waals surface area contributed by atoms with Crippen LogP contribution in [0.1, 0.15) is 20.3 Å². The molecule has 1 aromatic rings. The lowest BCUT2D eigenvalue weighted by Gasteiger charge is -2.24. The molecule has 0 atom stereocenters. The Labute approximate surface area is 94.2 Å². The highest BCUT2D eigenvalue weighted by Crippen LogP contribution is 2.15. The molecule has 0 aliphatic heterocycles. The summed E-state index contributed by atoms with van der Waals surface area (Å²) < 4.78 is 4.94.